The fourth-order valence-corrected chi connectivity index (χ4v) is 2.59. The van der Waals surface area contributed by atoms with Crippen LogP contribution in [0.25, 0.3) is 0 Å². The smallest absolute Gasteiger partial charge is 0.322 e. The average molecular weight is 341 g/mol. The Morgan fingerprint density at radius 2 is 1.72 bits per heavy atom. The Labute approximate surface area is 149 Å². The monoisotopic (exact) mass is 341 g/mol. The van der Waals surface area contributed by atoms with E-state index in [1.165, 1.54) is 0 Å². The maximum absolute atomic E-state index is 12.8. The number of aliphatic hydroxyl groups excluding tert-OH is 1. The lowest BCUT2D eigenvalue weighted by molar-refractivity contribution is 0.169. The molecule has 0 aliphatic rings. The van der Waals surface area contributed by atoms with Gasteiger partial charge < -0.3 is 20.2 Å². The second-order valence-corrected chi connectivity index (χ2v) is 6.35. The predicted molar refractivity (Wildman–Crippen MR) is 103 cm³/mol. The fourth-order valence-electron chi connectivity index (χ4n) is 2.59. The van der Waals surface area contributed by atoms with Crippen LogP contribution in [0, 0.1) is 0 Å². The number of nitrogens with zero attached hydrogens (tertiary/aromatic N) is 2. The van der Waals surface area contributed by atoms with Crippen LogP contribution < -0.4 is 10.2 Å². The fraction of sp³-hybridized carbons (Fsp3) is 0.350. The molecular weight excluding hydrogens is 314 g/mol. The zero-order chi connectivity index (χ0) is 18.2. The Hall–Kier alpha value is -2.53. The standard InChI is InChI=1S/C20H27N3O2/c1-16(13-14-24)23(15-17-7-5-4-6-8-17)20(25)21-18-9-11-19(12-10-18)22(2)3/h4-12,16,24H,13-15H2,1-3H3,(H,21,25). The second-order valence-electron chi connectivity index (χ2n) is 6.35. The first kappa shape index (κ1) is 18.8. The highest BCUT2D eigenvalue weighted by Gasteiger charge is 2.20. The van der Waals surface area contributed by atoms with Crippen LogP contribution in [0.3, 0.4) is 0 Å². The topological polar surface area (TPSA) is 55.8 Å². The molecule has 0 bridgehead atoms. The number of carbonyl (C=O) groups is 1. The minimum Gasteiger partial charge on any atom is -0.396 e. The summed E-state index contributed by atoms with van der Waals surface area (Å²) in [4.78, 5) is 16.5. The summed E-state index contributed by atoms with van der Waals surface area (Å²) in [6.45, 7) is 2.51. The molecule has 2 N–H and O–H groups in total. The Bertz CT molecular complexity index is 656. The third kappa shape index (κ3) is 5.50. The van der Waals surface area contributed by atoms with Crippen LogP contribution in [0.15, 0.2) is 54.6 Å². The molecule has 2 amide bonds. The number of urea groups is 1. The van der Waals surface area contributed by atoms with Crippen LogP contribution in [0.2, 0.25) is 0 Å². The minimum atomic E-state index is -0.164. The Kier molecular flexibility index (Phi) is 6.83. The molecule has 2 aromatic carbocycles. The van der Waals surface area contributed by atoms with Gasteiger partial charge in [-0.15, -0.1) is 0 Å². The zero-order valence-corrected chi connectivity index (χ0v) is 15.1. The minimum absolute atomic E-state index is 0.0528. The lowest BCUT2D eigenvalue weighted by Gasteiger charge is -2.29. The van der Waals surface area contributed by atoms with Gasteiger partial charge in [-0.05, 0) is 43.2 Å². The molecule has 0 aliphatic carbocycles. The van der Waals surface area contributed by atoms with Crippen LogP contribution in [0.4, 0.5) is 16.2 Å². The molecule has 0 saturated carbocycles. The third-order valence-electron chi connectivity index (χ3n) is 4.17. The number of hydrogen-bond donors (Lipinski definition) is 2. The van der Waals surface area contributed by atoms with E-state index in [-0.39, 0.29) is 18.7 Å². The van der Waals surface area contributed by atoms with Crippen molar-refractivity contribution in [1.82, 2.24) is 4.90 Å². The van der Waals surface area contributed by atoms with Gasteiger partial charge in [-0.1, -0.05) is 30.3 Å². The number of benzene rings is 2. The van der Waals surface area contributed by atoms with Gasteiger partial charge in [0.25, 0.3) is 0 Å². The molecule has 5 heteroatoms. The number of anilines is 2. The van der Waals surface area contributed by atoms with Gasteiger partial charge in [-0.3, -0.25) is 0 Å². The molecule has 0 aromatic heterocycles. The molecule has 134 valence electrons. The summed E-state index contributed by atoms with van der Waals surface area (Å²) in [5.41, 5.74) is 2.89. The van der Waals surface area contributed by atoms with Crippen molar-refractivity contribution in [1.29, 1.82) is 0 Å². The van der Waals surface area contributed by atoms with Crippen molar-refractivity contribution in [3.63, 3.8) is 0 Å². The highest BCUT2D eigenvalue weighted by molar-refractivity contribution is 5.89. The largest absolute Gasteiger partial charge is 0.396 e. The van der Waals surface area contributed by atoms with E-state index in [2.05, 4.69) is 5.32 Å². The summed E-state index contributed by atoms with van der Waals surface area (Å²) >= 11 is 0. The lowest BCUT2D eigenvalue weighted by Crippen LogP contribution is -2.41. The first-order chi connectivity index (χ1) is 12.0. The van der Waals surface area contributed by atoms with Gasteiger partial charge in [0.2, 0.25) is 0 Å². The van der Waals surface area contributed by atoms with Crippen LogP contribution >= 0.6 is 0 Å². The van der Waals surface area contributed by atoms with E-state index in [1.54, 1.807) is 4.90 Å². The summed E-state index contributed by atoms with van der Waals surface area (Å²) in [5, 5.41) is 12.2. The van der Waals surface area contributed by atoms with Gasteiger partial charge in [0.15, 0.2) is 0 Å². The second kappa shape index (κ2) is 9.08. The van der Waals surface area contributed by atoms with Crippen molar-refractivity contribution in [3.8, 4) is 0 Å². The molecule has 1 unspecified atom stereocenters. The Morgan fingerprint density at radius 3 is 2.28 bits per heavy atom. The lowest BCUT2D eigenvalue weighted by atomic mass is 10.1. The van der Waals surface area contributed by atoms with Crippen LogP contribution in [-0.2, 0) is 6.54 Å². The number of rotatable bonds is 7. The van der Waals surface area contributed by atoms with Crippen molar-refractivity contribution in [2.45, 2.75) is 25.9 Å². The zero-order valence-electron chi connectivity index (χ0n) is 15.1. The van der Waals surface area contributed by atoms with Gasteiger partial charge >= 0.3 is 6.03 Å². The molecule has 1 atom stereocenters. The third-order valence-corrected chi connectivity index (χ3v) is 4.17. The van der Waals surface area contributed by atoms with Gasteiger partial charge in [0.05, 0.1) is 0 Å². The Morgan fingerprint density at radius 1 is 1.08 bits per heavy atom. The summed E-state index contributed by atoms with van der Waals surface area (Å²) in [6, 6.07) is 17.4. The number of carbonyl (C=O) groups excluding carboxylic acids is 1. The van der Waals surface area contributed by atoms with Gasteiger partial charge in [-0.2, -0.15) is 0 Å². The Balaban J connectivity index is 2.11. The van der Waals surface area contributed by atoms with E-state index in [4.69, 9.17) is 0 Å². The summed E-state index contributed by atoms with van der Waals surface area (Å²) in [6.07, 6.45) is 0.541. The van der Waals surface area contributed by atoms with E-state index in [9.17, 15) is 9.90 Å². The predicted octanol–water partition coefficient (Wildman–Crippen LogP) is 3.56. The molecule has 5 nitrogen and oxygen atoms in total. The molecule has 2 rings (SSSR count). The first-order valence-corrected chi connectivity index (χ1v) is 8.51. The summed E-state index contributed by atoms with van der Waals surface area (Å²) in [5.74, 6) is 0. The molecule has 0 spiro atoms. The van der Waals surface area contributed by atoms with Crippen LogP contribution in [0.5, 0.6) is 0 Å². The van der Waals surface area contributed by atoms with Gasteiger partial charge in [0, 0.05) is 44.7 Å². The van der Waals surface area contributed by atoms with Crippen molar-refractivity contribution >= 4 is 17.4 Å². The van der Waals surface area contributed by atoms with Crippen molar-refractivity contribution < 1.29 is 9.90 Å². The molecular formula is C20H27N3O2. The first-order valence-electron chi connectivity index (χ1n) is 8.51. The quantitative estimate of drug-likeness (QED) is 0.810. The molecule has 0 aliphatic heterocycles. The normalized spacial score (nSPS) is 11.7. The SMILES string of the molecule is CC(CCO)N(Cc1ccccc1)C(=O)Nc1ccc(N(C)C)cc1. The highest BCUT2D eigenvalue weighted by atomic mass is 16.3. The summed E-state index contributed by atoms with van der Waals surface area (Å²) < 4.78 is 0. The van der Waals surface area contributed by atoms with Crippen LogP contribution in [0.1, 0.15) is 18.9 Å². The van der Waals surface area contributed by atoms with Gasteiger partial charge in [0.1, 0.15) is 0 Å². The molecule has 2 aromatic rings. The number of hydrogen-bond acceptors (Lipinski definition) is 3. The number of aliphatic hydroxyl groups is 1. The molecule has 25 heavy (non-hydrogen) atoms. The summed E-state index contributed by atoms with van der Waals surface area (Å²) in [7, 11) is 3.96. The van der Waals surface area contributed by atoms with Crippen LogP contribution in [-0.4, -0.2) is 42.8 Å². The van der Waals surface area contributed by atoms with E-state index < -0.39 is 0 Å². The maximum atomic E-state index is 12.8. The molecule has 0 heterocycles. The molecule has 0 radical (unpaired) electrons. The van der Waals surface area contributed by atoms with Crippen molar-refractivity contribution in [2.24, 2.45) is 0 Å². The number of nitrogens with one attached hydrogen (secondary N) is 1. The van der Waals surface area contributed by atoms with Gasteiger partial charge in [-0.25, -0.2) is 4.79 Å². The average Bonchev–Trinajstić information content (AvgIpc) is 2.61. The van der Waals surface area contributed by atoms with Crippen molar-refractivity contribution in [3.05, 3.63) is 60.2 Å². The van der Waals surface area contributed by atoms with E-state index in [0.717, 1.165) is 16.9 Å². The molecule has 0 fully saturated rings. The van der Waals surface area contributed by atoms with E-state index in [1.807, 2.05) is 80.5 Å². The molecule has 0 saturated heterocycles. The van der Waals surface area contributed by atoms with E-state index in [0.29, 0.717) is 13.0 Å². The van der Waals surface area contributed by atoms with E-state index >= 15 is 0 Å². The van der Waals surface area contributed by atoms with Crippen molar-refractivity contribution in [2.75, 3.05) is 30.9 Å². The highest BCUT2D eigenvalue weighted by Crippen LogP contribution is 2.18. The number of amides is 2. The maximum Gasteiger partial charge on any atom is 0.322 e.